The number of carbonyl (C=O) groups is 1. The number of unbranched alkanes of at least 4 members (excludes halogenated alkanes) is 13. The first-order chi connectivity index (χ1) is 16.1. The van der Waals surface area contributed by atoms with Gasteiger partial charge in [0.25, 0.3) is 0 Å². The van der Waals surface area contributed by atoms with Gasteiger partial charge in [-0.05, 0) is 6.42 Å². The van der Waals surface area contributed by atoms with Crippen molar-refractivity contribution in [1.82, 2.24) is 0 Å². The van der Waals surface area contributed by atoms with E-state index >= 15 is 0 Å². The van der Waals surface area contributed by atoms with E-state index in [9.17, 15) is 19.4 Å². The number of phosphoric ester groups is 1. The van der Waals surface area contributed by atoms with Gasteiger partial charge >= 0.3 is 13.8 Å². The van der Waals surface area contributed by atoms with Crippen LogP contribution in [0.5, 0.6) is 0 Å². The molecule has 9 heteroatoms. The topological polar surface area (TPSA) is 102 Å². The quantitative estimate of drug-likeness (QED) is 0.0754. The lowest BCUT2D eigenvalue weighted by molar-refractivity contribution is -0.870. The van der Waals surface area contributed by atoms with E-state index in [0.29, 0.717) is 11.0 Å². The average Bonchev–Trinajstić information content (AvgIpc) is 2.75. The lowest BCUT2D eigenvalue weighted by Crippen LogP contribution is -2.37. The van der Waals surface area contributed by atoms with E-state index in [2.05, 4.69) is 6.92 Å². The van der Waals surface area contributed by atoms with E-state index in [4.69, 9.17) is 13.8 Å². The predicted octanol–water partition coefficient (Wildman–Crippen LogP) is 5.60. The van der Waals surface area contributed by atoms with Crippen molar-refractivity contribution in [2.24, 2.45) is 0 Å². The van der Waals surface area contributed by atoms with Crippen molar-refractivity contribution in [1.29, 1.82) is 0 Å². The molecule has 2 N–H and O–H groups in total. The van der Waals surface area contributed by atoms with Gasteiger partial charge in [-0.25, -0.2) is 4.57 Å². The van der Waals surface area contributed by atoms with Crippen LogP contribution in [0.1, 0.15) is 103 Å². The van der Waals surface area contributed by atoms with Gasteiger partial charge in [0.1, 0.15) is 19.3 Å². The first kappa shape index (κ1) is 33.5. The molecule has 0 spiro atoms. The third-order valence-electron chi connectivity index (χ3n) is 5.68. The number of hydrogen-bond acceptors (Lipinski definition) is 6. The molecule has 0 bridgehead atoms. The fourth-order valence-electron chi connectivity index (χ4n) is 3.48. The van der Waals surface area contributed by atoms with Crippen molar-refractivity contribution < 1.29 is 37.6 Å². The Hall–Kier alpha value is -0.500. The molecule has 0 rings (SSSR count). The SMILES string of the molecule is CCCCCCCCCCCCCCCCC(=O)O[C@@H](CO)COP(=O)(O)OCC[N+](C)(C)C. The van der Waals surface area contributed by atoms with Crippen molar-refractivity contribution in [2.45, 2.75) is 109 Å². The van der Waals surface area contributed by atoms with Crippen molar-refractivity contribution >= 4 is 13.8 Å². The predicted molar refractivity (Wildman–Crippen MR) is 137 cm³/mol. The van der Waals surface area contributed by atoms with Crippen LogP contribution in [0, 0.1) is 0 Å². The Balaban J connectivity index is 3.71. The van der Waals surface area contributed by atoms with Crippen molar-refractivity contribution in [3.63, 3.8) is 0 Å². The van der Waals surface area contributed by atoms with E-state index in [1.54, 1.807) is 0 Å². The van der Waals surface area contributed by atoms with Gasteiger partial charge in [-0.15, -0.1) is 0 Å². The smallest absolute Gasteiger partial charge is 0.457 e. The molecule has 34 heavy (non-hydrogen) atoms. The second-order valence-electron chi connectivity index (χ2n) is 10.3. The van der Waals surface area contributed by atoms with Crippen molar-refractivity contribution in [3.8, 4) is 0 Å². The first-order valence-electron chi connectivity index (χ1n) is 13.3. The van der Waals surface area contributed by atoms with E-state index < -0.39 is 26.5 Å². The molecular formula is C25H53NO7P+. The zero-order valence-electron chi connectivity index (χ0n) is 22.3. The highest BCUT2D eigenvalue weighted by Crippen LogP contribution is 2.43. The molecule has 0 aliphatic heterocycles. The minimum absolute atomic E-state index is 0.0555. The molecule has 204 valence electrons. The molecule has 0 saturated carbocycles. The van der Waals surface area contributed by atoms with Gasteiger partial charge in [0.15, 0.2) is 0 Å². The molecule has 0 radical (unpaired) electrons. The number of nitrogens with zero attached hydrogens (tertiary/aromatic N) is 1. The highest BCUT2D eigenvalue weighted by Gasteiger charge is 2.25. The van der Waals surface area contributed by atoms with Crippen LogP contribution in [-0.4, -0.2) is 74.1 Å². The minimum Gasteiger partial charge on any atom is -0.457 e. The maximum atomic E-state index is 12.0. The van der Waals surface area contributed by atoms with Crippen molar-refractivity contribution in [3.05, 3.63) is 0 Å². The number of rotatable bonds is 24. The number of carbonyl (C=O) groups excluding carboxylic acids is 1. The Kier molecular flexibility index (Phi) is 20.4. The van der Waals surface area contributed by atoms with Crippen LogP contribution >= 0.6 is 7.82 Å². The van der Waals surface area contributed by atoms with Crippen LogP contribution in [0.25, 0.3) is 0 Å². The average molecular weight is 511 g/mol. The van der Waals surface area contributed by atoms with Gasteiger partial charge in [0.05, 0.1) is 34.4 Å². The second-order valence-corrected chi connectivity index (χ2v) is 11.7. The normalized spacial score (nSPS) is 14.6. The molecule has 0 heterocycles. The molecule has 0 aromatic heterocycles. The zero-order chi connectivity index (χ0) is 25.7. The largest absolute Gasteiger partial charge is 0.472 e. The van der Waals surface area contributed by atoms with E-state index in [1.807, 2.05) is 21.1 Å². The summed E-state index contributed by atoms with van der Waals surface area (Å²) in [5.41, 5.74) is 0. The number of phosphoric acid groups is 1. The van der Waals surface area contributed by atoms with Gasteiger partial charge in [-0.2, -0.15) is 0 Å². The summed E-state index contributed by atoms with van der Waals surface area (Å²) >= 11 is 0. The fraction of sp³-hybridized carbons (Fsp3) is 0.960. The maximum Gasteiger partial charge on any atom is 0.472 e. The summed E-state index contributed by atoms with van der Waals surface area (Å²) in [6.07, 6.45) is 16.7. The summed E-state index contributed by atoms with van der Waals surface area (Å²) < 4.78 is 27.4. The summed E-state index contributed by atoms with van der Waals surface area (Å²) in [5, 5.41) is 9.38. The van der Waals surface area contributed by atoms with Crippen molar-refractivity contribution in [2.75, 3.05) is 47.5 Å². The van der Waals surface area contributed by atoms with E-state index in [0.717, 1.165) is 19.3 Å². The molecule has 0 aromatic carbocycles. The molecule has 1 unspecified atom stereocenters. The summed E-state index contributed by atoms with van der Waals surface area (Å²) in [6, 6.07) is 0. The Morgan fingerprint density at radius 2 is 1.29 bits per heavy atom. The minimum atomic E-state index is -4.25. The molecule has 2 atom stereocenters. The number of ether oxygens (including phenoxy) is 1. The number of hydrogen-bond donors (Lipinski definition) is 2. The molecule has 0 amide bonds. The third-order valence-corrected chi connectivity index (χ3v) is 6.66. The van der Waals surface area contributed by atoms with Gasteiger partial charge in [0, 0.05) is 6.42 Å². The van der Waals surface area contributed by atoms with E-state index in [1.165, 1.54) is 70.6 Å². The summed E-state index contributed by atoms with van der Waals surface area (Å²) in [6.45, 7) is 1.97. The van der Waals surface area contributed by atoms with Crippen LogP contribution in [0.2, 0.25) is 0 Å². The number of quaternary nitrogens is 1. The van der Waals surface area contributed by atoms with Crippen LogP contribution in [-0.2, 0) is 23.1 Å². The second kappa shape index (κ2) is 20.7. The van der Waals surface area contributed by atoms with Crippen LogP contribution in [0.4, 0.5) is 0 Å². The highest BCUT2D eigenvalue weighted by molar-refractivity contribution is 7.47. The molecule has 0 aromatic rings. The van der Waals surface area contributed by atoms with E-state index in [-0.39, 0.29) is 19.6 Å². The van der Waals surface area contributed by atoms with Crippen LogP contribution in [0.15, 0.2) is 0 Å². The monoisotopic (exact) mass is 510 g/mol. The van der Waals surface area contributed by atoms with Crippen LogP contribution in [0.3, 0.4) is 0 Å². The molecule has 0 aliphatic carbocycles. The number of likely N-dealkylation sites (N-methyl/N-ethyl adjacent to an activating group) is 1. The number of aliphatic hydroxyl groups excluding tert-OH is 1. The lowest BCUT2D eigenvalue weighted by atomic mass is 10.0. The van der Waals surface area contributed by atoms with Gasteiger partial charge in [-0.3, -0.25) is 13.8 Å². The molecule has 0 aliphatic rings. The Morgan fingerprint density at radius 3 is 1.74 bits per heavy atom. The van der Waals surface area contributed by atoms with Gasteiger partial charge in [0.2, 0.25) is 0 Å². The Morgan fingerprint density at radius 1 is 0.824 bits per heavy atom. The number of aliphatic hydroxyl groups is 1. The highest BCUT2D eigenvalue weighted by atomic mass is 31.2. The standard InChI is InChI=1S/C25H52NO7P/c1-5-6-7-8-9-10-11-12-13-14-15-16-17-18-19-25(28)33-24(22-27)23-32-34(29,30)31-21-20-26(2,3)4/h24,27H,5-23H2,1-4H3/p+1/t24-/m0/s1. The molecule has 0 fully saturated rings. The molecule has 0 saturated heterocycles. The molecule has 8 nitrogen and oxygen atoms in total. The number of esters is 1. The molecular weight excluding hydrogens is 457 g/mol. The Bertz CT molecular complexity index is 540. The summed E-state index contributed by atoms with van der Waals surface area (Å²) in [7, 11) is 1.56. The third kappa shape index (κ3) is 23.3. The lowest BCUT2D eigenvalue weighted by Gasteiger charge is -2.24. The van der Waals surface area contributed by atoms with Gasteiger partial charge in [-0.1, -0.05) is 90.4 Å². The summed E-state index contributed by atoms with van der Waals surface area (Å²) in [5.74, 6) is -0.430. The Labute approximate surface area is 208 Å². The summed E-state index contributed by atoms with van der Waals surface area (Å²) in [4.78, 5) is 21.7. The van der Waals surface area contributed by atoms with Gasteiger partial charge < -0.3 is 19.2 Å². The zero-order valence-corrected chi connectivity index (χ0v) is 23.2. The van der Waals surface area contributed by atoms with Crippen LogP contribution < -0.4 is 0 Å². The maximum absolute atomic E-state index is 12.0. The first-order valence-corrected chi connectivity index (χ1v) is 14.8. The fourth-order valence-corrected chi connectivity index (χ4v) is 4.22.